The first kappa shape index (κ1) is 18.9. The number of aromatic nitrogens is 1. The summed E-state index contributed by atoms with van der Waals surface area (Å²) in [5, 5.41) is 12.4. The third kappa shape index (κ3) is 5.06. The molecule has 0 radical (unpaired) electrons. The third-order valence-corrected chi connectivity index (χ3v) is 4.94. The van der Waals surface area contributed by atoms with Gasteiger partial charge in [-0.3, -0.25) is 9.78 Å². The van der Waals surface area contributed by atoms with Crippen LogP contribution in [-0.4, -0.2) is 40.1 Å². The van der Waals surface area contributed by atoms with Crippen LogP contribution in [0.15, 0.2) is 54.7 Å². The number of amides is 2. The van der Waals surface area contributed by atoms with Crippen LogP contribution in [0.4, 0.5) is 4.79 Å². The molecule has 3 atom stereocenters. The van der Waals surface area contributed by atoms with E-state index in [4.69, 9.17) is 0 Å². The number of hydrogen-bond acceptors (Lipinski definition) is 3. The molecule has 1 saturated heterocycles. The van der Waals surface area contributed by atoms with Crippen molar-refractivity contribution in [2.45, 2.75) is 25.8 Å². The maximum atomic E-state index is 12.9. The van der Waals surface area contributed by atoms with Crippen molar-refractivity contribution in [2.24, 2.45) is 11.8 Å². The van der Waals surface area contributed by atoms with Gasteiger partial charge in [0.2, 0.25) is 0 Å². The average Bonchev–Trinajstić information content (AvgIpc) is 2.68. The van der Waals surface area contributed by atoms with Gasteiger partial charge in [0.15, 0.2) is 0 Å². The minimum absolute atomic E-state index is 0.163. The number of carbonyl (C=O) groups excluding carboxylic acids is 1. The molecule has 2 amide bonds. The molecule has 2 heterocycles. The van der Waals surface area contributed by atoms with Crippen molar-refractivity contribution in [1.29, 1.82) is 0 Å². The van der Waals surface area contributed by atoms with Crippen LogP contribution in [-0.2, 0) is 11.2 Å². The molecular weight excluding hydrogens is 342 g/mol. The number of nitrogens with one attached hydrogen (secondary N) is 1. The predicted molar refractivity (Wildman–Crippen MR) is 102 cm³/mol. The van der Waals surface area contributed by atoms with Crippen molar-refractivity contribution in [3.63, 3.8) is 0 Å². The van der Waals surface area contributed by atoms with E-state index in [0.29, 0.717) is 19.4 Å². The van der Waals surface area contributed by atoms with E-state index in [9.17, 15) is 14.7 Å². The van der Waals surface area contributed by atoms with Gasteiger partial charge in [-0.15, -0.1) is 0 Å². The molecule has 0 unspecified atom stereocenters. The number of aliphatic carboxylic acids is 1. The van der Waals surface area contributed by atoms with E-state index in [2.05, 4.69) is 10.3 Å². The molecule has 1 aromatic heterocycles. The maximum Gasteiger partial charge on any atom is 0.317 e. The molecule has 0 spiro atoms. The van der Waals surface area contributed by atoms with E-state index in [0.717, 1.165) is 11.3 Å². The summed E-state index contributed by atoms with van der Waals surface area (Å²) in [6.07, 6.45) is 2.92. The van der Waals surface area contributed by atoms with Crippen molar-refractivity contribution >= 4 is 12.0 Å². The van der Waals surface area contributed by atoms with Crippen LogP contribution in [0.2, 0.25) is 0 Å². The summed E-state index contributed by atoms with van der Waals surface area (Å²) in [5.74, 6) is -1.19. The fourth-order valence-corrected chi connectivity index (χ4v) is 3.60. The maximum absolute atomic E-state index is 12.9. The number of carboxylic acid groups (broad SMARTS) is 1. The van der Waals surface area contributed by atoms with Gasteiger partial charge in [0, 0.05) is 31.4 Å². The van der Waals surface area contributed by atoms with E-state index < -0.39 is 11.9 Å². The molecule has 27 heavy (non-hydrogen) atoms. The number of piperidine rings is 1. The van der Waals surface area contributed by atoms with Crippen LogP contribution >= 0.6 is 0 Å². The van der Waals surface area contributed by atoms with E-state index in [1.165, 1.54) is 0 Å². The zero-order valence-corrected chi connectivity index (χ0v) is 15.4. The normalized spacial score (nSPS) is 20.7. The lowest BCUT2D eigenvalue weighted by molar-refractivity contribution is -0.143. The molecule has 0 saturated carbocycles. The lowest BCUT2D eigenvalue weighted by atomic mass is 9.90. The van der Waals surface area contributed by atoms with Gasteiger partial charge >= 0.3 is 12.0 Å². The number of likely N-dealkylation sites (tertiary alicyclic amines) is 1. The number of nitrogens with zero attached hydrogens (tertiary/aromatic N) is 2. The van der Waals surface area contributed by atoms with Gasteiger partial charge in [0.1, 0.15) is 0 Å². The summed E-state index contributed by atoms with van der Waals surface area (Å²) in [6.45, 7) is 2.80. The molecule has 1 aliphatic heterocycles. The molecule has 2 aromatic rings. The topological polar surface area (TPSA) is 82.5 Å². The Hall–Kier alpha value is -2.89. The van der Waals surface area contributed by atoms with Crippen LogP contribution < -0.4 is 5.32 Å². The second kappa shape index (κ2) is 8.66. The highest BCUT2D eigenvalue weighted by molar-refractivity contribution is 5.77. The third-order valence-electron chi connectivity index (χ3n) is 4.94. The number of benzene rings is 1. The summed E-state index contributed by atoms with van der Waals surface area (Å²) in [6, 6.07) is 15.0. The smallest absolute Gasteiger partial charge is 0.317 e. The highest BCUT2D eigenvalue weighted by Gasteiger charge is 2.32. The van der Waals surface area contributed by atoms with Crippen molar-refractivity contribution in [2.75, 3.05) is 13.1 Å². The fourth-order valence-electron chi connectivity index (χ4n) is 3.60. The van der Waals surface area contributed by atoms with Crippen LogP contribution in [0.1, 0.15) is 30.6 Å². The Balaban J connectivity index is 1.75. The molecule has 2 N–H and O–H groups in total. The minimum Gasteiger partial charge on any atom is -0.481 e. The number of pyridine rings is 1. The number of carbonyl (C=O) groups is 2. The summed E-state index contributed by atoms with van der Waals surface area (Å²) in [4.78, 5) is 30.3. The molecule has 6 nitrogen and oxygen atoms in total. The average molecular weight is 367 g/mol. The number of carboxylic acids is 1. The second-order valence-corrected chi connectivity index (χ2v) is 7.22. The van der Waals surface area contributed by atoms with E-state index >= 15 is 0 Å². The molecule has 1 fully saturated rings. The van der Waals surface area contributed by atoms with Gasteiger partial charge in [-0.2, -0.15) is 0 Å². The standard InChI is InChI=1S/C21H25N3O3/c1-15-11-17(20(25)26)14-24(13-15)21(27)23-19(16-7-3-2-4-8-16)12-18-9-5-6-10-22-18/h2-10,15,17,19H,11-14H2,1H3,(H,23,27)(H,25,26)/t15-,17-,19+/m1/s1. The number of urea groups is 1. The quantitative estimate of drug-likeness (QED) is 0.851. The molecule has 0 aliphatic carbocycles. The first-order valence-electron chi connectivity index (χ1n) is 9.26. The van der Waals surface area contributed by atoms with Gasteiger partial charge in [-0.25, -0.2) is 4.79 Å². The van der Waals surface area contributed by atoms with E-state index in [1.54, 1.807) is 11.1 Å². The van der Waals surface area contributed by atoms with Crippen LogP contribution in [0.25, 0.3) is 0 Å². The molecular formula is C21H25N3O3. The second-order valence-electron chi connectivity index (χ2n) is 7.22. The zero-order chi connectivity index (χ0) is 19.2. The minimum atomic E-state index is -0.840. The summed E-state index contributed by atoms with van der Waals surface area (Å²) < 4.78 is 0. The Morgan fingerprint density at radius 1 is 1.19 bits per heavy atom. The molecule has 1 aromatic carbocycles. The van der Waals surface area contributed by atoms with Gasteiger partial charge in [0.25, 0.3) is 0 Å². The Morgan fingerprint density at radius 2 is 1.93 bits per heavy atom. The Morgan fingerprint density at radius 3 is 2.59 bits per heavy atom. The highest BCUT2D eigenvalue weighted by atomic mass is 16.4. The lowest BCUT2D eigenvalue weighted by Gasteiger charge is -2.35. The predicted octanol–water partition coefficient (Wildman–Crippen LogP) is 3.12. The van der Waals surface area contributed by atoms with Gasteiger partial charge in [-0.05, 0) is 30.0 Å². The number of hydrogen-bond donors (Lipinski definition) is 2. The van der Waals surface area contributed by atoms with Crippen molar-refractivity contribution in [3.05, 3.63) is 66.0 Å². The fraction of sp³-hybridized carbons (Fsp3) is 0.381. The van der Waals surface area contributed by atoms with Gasteiger partial charge < -0.3 is 15.3 Å². The van der Waals surface area contributed by atoms with Crippen molar-refractivity contribution in [1.82, 2.24) is 15.2 Å². The SMILES string of the molecule is C[C@@H]1C[C@@H](C(=O)O)CN(C(=O)N[C@@H](Cc2ccccn2)c2ccccc2)C1. The molecule has 3 rings (SSSR count). The first-order chi connectivity index (χ1) is 13.0. The Labute approximate surface area is 159 Å². The monoisotopic (exact) mass is 367 g/mol. The van der Waals surface area contributed by atoms with Crippen molar-refractivity contribution < 1.29 is 14.7 Å². The largest absolute Gasteiger partial charge is 0.481 e. The van der Waals surface area contributed by atoms with Gasteiger partial charge in [-0.1, -0.05) is 43.3 Å². The number of rotatable bonds is 5. The van der Waals surface area contributed by atoms with Crippen LogP contribution in [0.5, 0.6) is 0 Å². The summed E-state index contributed by atoms with van der Waals surface area (Å²) in [7, 11) is 0. The van der Waals surface area contributed by atoms with E-state index in [-0.39, 0.29) is 24.5 Å². The summed E-state index contributed by atoms with van der Waals surface area (Å²) >= 11 is 0. The van der Waals surface area contributed by atoms with Crippen LogP contribution in [0.3, 0.4) is 0 Å². The molecule has 1 aliphatic rings. The lowest BCUT2D eigenvalue weighted by Crippen LogP contribution is -2.50. The van der Waals surface area contributed by atoms with Crippen molar-refractivity contribution in [3.8, 4) is 0 Å². The molecule has 142 valence electrons. The molecule has 6 heteroatoms. The van der Waals surface area contributed by atoms with Crippen LogP contribution in [0, 0.1) is 11.8 Å². The highest BCUT2D eigenvalue weighted by Crippen LogP contribution is 2.23. The Kier molecular flexibility index (Phi) is 6.06. The van der Waals surface area contributed by atoms with Gasteiger partial charge in [0.05, 0.1) is 12.0 Å². The van der Waals surface area contributed by atoms with E-state index in [1.807, 2.05) is 55.5 Å². The zero-order valence-electron chi connectivity index (χ0n) is 15.4. The summed E-state index contributed by atoms with van der Waals surface area (Å²) in [5.41, 5.74) is 1.89. The molecule has 0 bridgehead atoms. The Bertz CT molecular complexity index is 767. The first-order valence-corrected chi connectivity index (χ1v) is 9.26.